The monoisotopic (exact) mass is 187 g/mol. The van der Waals surface area contributed by atoms with E-state index >= 15 is 0 Å². The summed E-state index contributed by atoms with van der Waals surface area (Å²) in [7, 11) is 1.98. The summed E-state index contributed by atoms with van der Waals surface area (Å²) >= 11 is 6.09. The average Bonchev–Trinajstić information content (AvgIpc) is 2.34. The van der Waals surface area contributed by atoms with Gasteiger partial charge in [-0.05, 0) is 33.0 Å². The smallest absolute Gasteiger partial charge is 0.0511 e. The number of rotatable bonds is 2. The van der Waals surface area contributed by atoms with Gasteiger partial charge >= 0.3 is 0 Å². The Labute approximate surface area is 77.6 Å². The van der Waals surface area contributed by atoms with Crippen LogP contribution >= 0.6 is 24.2 Å². The molecule has 0 fully saturated rings. The summed E-state index contributed by atoms with van der Waals surface area (Å²) in [5, 5.41) is 0. The highest BCUT2D eigenvalue weighted by atomic mass is 32.1. The van der Waals surface area contributed by atoms with Crippen LogP contribution < -0.4 is 0 Å². The van der Waals surface area contributed by atoms with Crippen LogP contribution in [0.4, 0.5) is 0 Å². The predicted octanol–water partition coefficient (Wildman–Crippen LogP) is 2.89. The minimum Gasteiger partial charge on any atom is -0.248 e. The van der Waals surface area contributed by atoms with Crippen LogP contribution in [0.5, 0.6) is 0 Å². The van der Waals surface area contributed by atoms with Crippen molar-refractivity contribution < 1.29 is 0 Å². The molecule has 0 aliphatic rings. The summed E-state index contributed by atoms with van der Waals surface area (Å²) in [6, 6.07) is 4.72. The Kier molecular flexibility index (Phi) is 2.98. The zero-order chi connectivity index (χ0) is 8.43. The van der Waals surface area contributed by atoms with Crippen molar-refractivity contribution in [2.75, 3.05) is 7.05 Å². The molecule has 1 nitrogen and oxygen atoms in total. The lowest BCUT2D eigenvalue weighted by molar-refractivity contribution is 0.465. The maximum atomic E-state index is 4.25. The highest BCUT2D eigenvalue weighted by molar-refractivity contribution is 7.77. The third-order valence-corrected chi connectivity index (χ3v) is 3.25. The third-order valence-electron chi connectivity index (χ3n) is 1.73. The second kappa shape index (κ2) is 3.61. The number of thiol groups is 1. The van der Waals surface area contributed by atoms with Gasteiger partial charge in [0.2, 0.25) is 0 Å². The largest absolute Gasteiger partial charge is 0.248 e. The minimum atomic E-state index is 0.414. The van der Waals surface area contributed by atoms with Crippen molar-refractivity contribution in [3.8, 4) is 0 Å². The maximum Gasteiger partial charge on any atom is 0.0511 e. The molecule has 1 aromatic heterocycles. The fourth-order valence-electron chi connectivity index (χ4n) is 0.862. The molecule has 11 heavy (non-hydrogen) atoms. The maximum absolute atomic E-state index is 4.25. The molecule has 62 valence electrons. The Balaban J connectivity index is 2.76. The third kappa shape index (κ3) is 2.22. The van der Waals surface area contributed by atoms with E-state index < -0.39 is 0 Å². The molecule has 1 rings (SSSR count). The van der Waals surface area contributed by atoms with Crippen molar-refractivity contribution in [2.24, 2.45) is 0 Å². The molecular formula is C8H13NS2. The zero-order valence-corrected chi connectivity index (χ0v) is 8.75. The molecule has 0 aromatic carbocycles. The molecule has 0 saturated heterocycles. The fraction of sp³-hybridized carbons (Fsp3) is 0.500. The van der Waals surface area contributed by atoms with E-state index in [0.717, 1.165) is 0 Å². The number of aryl methyl sites for hydroxylation is 1. The van der Waals surface area contributed by atoms with E-state index in [1.807, 2.05) is 22.7 Å². The Hall–Kier alpha value is 0.01000. The highest BCUT2D eigenvalue weighted by Crippen LogP contribution is 2.26. The molecule has 1 atom stereocenters. The van der Waals surface area contributed by atoms with Crippen LogP contribution in [0.3, 0.4) is 0 Å². The van der Waals surface area contributed by atoms with Gasteiger partial charge < -0.3 is 0 Å². The van der Waals surface area contributed by atoms with Gasteiger partial charge in [0.15, 0.2) is 0 Å². The van der Waals surface area contributed by atoms with Crippen LogP contribution in [-0.4, -0.2) is 11.4 Å². The summed E-state index contributed by atoms with van der Waals surface area (Å²) in [4.78, 5) is 2.74. The van der Waals surface area contributed by atoms with E-state index in [9.17, 15) is 0 Å². The number of hydrogen-bond donors (Lipinski definition) is 1. The van der Waals surface area contributed by atoms with Gasteiger partial charge in [0.05, 0.1) is 6.04 Å². The summed E-state index contributed by atoms with van der Waals surface area (Å²) in [5.74, 6) is 0. The van der Waals surface area contributed by atoms with Crippen molar-refractivity contribution in [2.45, 2.75) is 19.9 Å². The number of thiophene rings is 1. The first-order chi connectivity index (χ1) is 5.11. The molecule has 3 heteroatoms. The lowest BCUT2D eigenvalue weighted by atomic mass is 10.3. The second-order valence-corrected chi connectivity index (χ2v) is 4.65. The van der Waals surface area contributed by atoms with Gasteiger partial charge in [-0.25, -0.2) is 4.31 Å². The quantitative estimate of drug-likeness (QED) is 0.697. The first kappa shape index (κ1) is 9.10. The van der Waals surface area contributed by atoms with Gasteiger partial charge in [0, 0.05) is 9.75 Å². The van der Waals surface area contributed by atoms with Crippen LogP contribution in [0.2, 0.25) is 0 Å². The van der Waals surface area contributed by atoms with Crippen LogP contribution in [0.25, 0.3) is 0 Å². The normalized spacial score (nSPS) is 13.9. The van der Waals surface area contributed by atoms with Gasteiger partial charge in [-0.1, -0.05) is 12.8 Å². The van der Waals surface area contributed by atoms with Gasteiger partial charge in [0.1, 0.15) is 0 Å². The standard InChI is InChI=1S/C8H13NS2/c1-6-4-5-8(11-6)7(2)9(3)10/h4-5,7,10H,1-3H3. The topological polar surface area (TPSA) is 3.24 Å². The lowest BCUT2D eigenvalue weighted by Gasteiger charge is -2.16. The highest BCUT2D eigenvalue weighted by Gasteiger charge is 2.09. The van der Waals surface area contributed by atoms with Gasteiger partial charge in [0.25, 0.3) is 0 Å². The van der Waals surface area contributed by atoms with E-state index in [-0.39, 0.29) is 0 Å². The molecule has 0 radical (unpaired) electrons. The summed E-state index contributed by atoms with van der Waals surface area (Å²) in [6.45, 7) is 4.28. The Morgan fingerprint density at radius 3 is 2.55 bits per heavy atom. The SMILES string of the molecule is Cc1ccc(C(C)N(C)S)s1. The zero-order valence-electron chi connectivity index (χ0n) is 7.03. The van der Waals surface area contributed by atoms with Gasteiger partial charge in [-0.15, -0.1) is 11.3 Å². The summed E-state index contributed by atoms with van der Waals surface area (Å²) < 4.78 is 1.92. The molecule has 0 aliphatic heterocycles. The molecule has 0 saturated carbocycles. The van der Waals surface area contributed by atoms with Crippen molar-refractivity contribution in [1.82, 2.24) is 4.31 Å². The van der Waals surface area contributed by atoms with Crippen LogP contribution in [0.1, 0.15) is 22.7 Å². The Morgan fingerprint density at radius 1 is 1.55 bits per heavy atom. The molecule has 1 aromatic rings. The van der Waals surface area contributed by atoms with E-state index in [0.29, 0.717) is 6.04 Å². The van der Waals surface area contributed by atoms with Crippen LogP contribution in [0.15, 0.2) is 12.1 Å². The van der Waals surface area contributed by atoms with Crippen LogP contribution in [-0.2, 0) is 0 Å². The molecule has 0 aliphatic carbocycles. The molecular weight excluding hydrogens is 174 g/mol. The molecule has 0 amide bonds. The average molecular weight is 187 g/mol. The van der Waals surface area contributed by atoms with Crippen molar-refractivity contribution in [3.63, 3.8) is 0 Å². The van der Waals surface area contributed by atoms with E-state index in [4.69, 9.17) is 0 Å². The van der Waals surface area contributed by atoms with Gasteiger partial charge in [-0.3, -0.25) is 0 Å². The van der Waals surface area contributed by atoms with Crippen molar-refractivity contribution >= 4 is 24.2 Å². The fourth-order valence-corrected chi connectivity index (χ4v) is 2.04. The second-order valence-electron chi connectivity index (χ2n) is 2.70. The minimum absolute atomic E-state index is 0.414. The van der Waals surface area contributed by atoms with E-state index in [2.05, 4.69) is 38.8 Å². The van der Waals surface area contributed by atoms with E-state index in [1.165, 1.54) is 9.75 Å². The summed E-state index contributed by atoms with van der Waals surface area (Å²) in [5.41, 5.74) is 0. The van der Waals surface area contributed by atoms with Crippen molar-refractivity contribution in [1.29, 1.82) is 0 Å². The molecule has 0 N–H and O–H groups in total. The summed E-state index contributed by atoms with van der Waals surface area (Å²) in [6.07, 6.45) is 0. The van der Waals surface area contributed by atoms with Crippen LogP contribution in [0, 0.1) is 6.92 Å². The Bertz CT molecular complexity index is 230. The number of hydrogen-bond acceptors (Lipinski definition) is 3. The molecule has 0 spiro atoms. The van der Waals surface area contributed by atoms with Gasteiger partial charge in [-0.2, -0.15) is 0 Å². The molecule has 1 unspecified atom stereocenters. The lowest BCUT2D eigenvalue weighted by Crippen LogP contribution is -2.09. The molecule has 1 heterocycles. The number of nitrogens with zero attached hydrogens (tertiary/aromatic N) is 1. The first-order valence-electron chi connectivity index (χ1n) is 3.59. The first-order valence-corrected chi connectivity index (χ1v) is 4.81. The van der Waals surface area contributed by atoms with Crippen molar-refractivity contribution in [3.05, 3.63) is 21.9 Å². The Morgan fingerprint density at radius 2 is 2.18 bits per heavy atom. The van der Waals surface area contributed by atoms with E-state index in [1.54, 1.807) is 0 Å². The molecule has 0 bridgehead atoms. The predicted molar refractivity (Wildman–Crippen MR) is 54.2 cm³/mol.